The third-order valence-electron chi connectivity index (χ3n) is 4.64. The van der Waals surface area contributed by atoms with Crippen LogP contribution in [0.25, 0.3) is 0 Å². The lowest BCUT2D eigenvalue weighted by atomic mass is 10.2. The van der Waals surface area contributed by atoms with Gasteiger partial charge in [-0.3, -0.25) is 14.6 Å². The Bertz CT molecular complexity index is 1030. The Morgan fingerprint density at radius 1 is 1.10 bits per heavy atom. The monoisotopic (exact) mass is 403 g/mol. The summed E-state index contributed by atoms with van der Waals surface area (Å²) in [5.41, 5.74) is 1.72. The summed E-state index contributed by atoms with van der Waals surface area (Å²) in [6.45, 7) is 0.974. The van der Waals surface area contributed by atoms with E-state index in [0.717, 1.165) is 5.75 Å². The number of carbonyl (C=O) groups excluding carboxylic acids is 2. The van der Waals surface area contributed by atoms with Gasteiger partial charge in [-0.15, -0.1) is 0 Å². The van der Waals surface area contributed by atoms with Crippen molar-refractivity contribution in [1.82, 2.24) is 4.98 Å². The average Bonchev–Trinajstić information content (AvgIpc) is 2.79. The first-order chi connectivity index (χ1) is 14.7. The molecule has 7 nitrogen and oxygen atoms in total. The molecular weight excluding hydrogens is 382 g/mol. The molecule has 2 aromatic carbocycles. The number of hydrogen-bond donors (Lipinski definition) is 1. The summed E-state index contributed by atoms with van der Waals surface area (Å²) in [4.78, 5) is 30.4. The molecule has 3 aromatic rings. The fourth-order valence-electron chi connectivity index (χ4n) is 3.16. The van der Waals surface area contributed by atoms with Gasteiger partial charge in [0, 0.05) is 30.2 Å². The summed E-state index contributed by atoms with van der Waals surface area (Å²) in [7, 11) is 0. The number of nitrogens with one attached hydrogen (secondary N) is 1. The van der Waals surface area contributed by atoms with E-state index in [1.54, 1.807) is 47.6 Å². The van der Waals surface area contributed by atoms with Crippen LogP contribution in [0.2, 0.25) is 0 Å². The van der Waals surface area contributed by atoms with Gasteiger partial charge >= 0.3 is 0 Å². The molecule has 0 saturated carbocycles. The first kappa shape index (κ1) is 19.4. The maximum Gasteiger partial charge on any atom is 0.265 e. The van der Waals surface area contributed by atoms with E-state index in [0.29, 0.717) is 42.3 Å². The molecule has 0 fully saturated rings. The number of fused-ring (bicyclic) bond motifs is 1. The van der Waals surface area contributed by atoms with Gasteiger partial charge in [-0.05, 0) is 48.9 Å². The number of pyridine rings is 1. The van der Waals surface area contributed by atoms with Gasteiger partial charge in [-0.25, -0.2) is 0 Å². The van der Waals surface area contributed by atoms with Gasteiger partial charge in [0.15, 0.2) is 6.61 Å². The lowest BCUT2D eigenvalue weighted by Crippen LogP contribution is -2.39. The number of carbonyl (C=O) groups is 2. The van der Waals surface area contributed by atoms with Crippen molar-refractivity contribution in [3.8, 4) is 11.5 Å². The summed E-state index contributed by atoms with van der Waals surface area (Å²) in [5, 5.41) is 2.85. The highest BCUT2D eigenvalue weighted by Crippen LogP contribution is 2.34. The SMILES string of the molecule is O=C(Nc1ccc2c(c1)N(CCCOc1ccccc1)C(=O)CO2)c1ccncc1. The molecule has 30 heavy (non-hydrogen) atoms. The second-order valence-electron chi connectivity index (χ2n) is 6.72. The van der Waals surface area contributed by atoms with Gasteiger partial charge in [-0.2, -0.15) is 0 Å². The lowest BCUT2D eigenvalue weighted by Gasteiger charge is -2.30. The van der Waals surface area contributed by atoms with Crippen molar-refractivity contribution in [2.45, 2.75) is 6.42 Å². The van der Waals surface area contributed by atoms with Crippen LogP contribution in [0.1, 0.15) is 16.8 Å². The topological polar surface area (TPSA) is 80.8 Å². The van der Waals surface area contributed by atoms with Crippen LogP contribution in [0.3, 0.4) is 0 Å². The number of ether oxygens (including phenoxy) is 2. The Morgan fingerprint density at radius 2 is 1.90 bits per heavy atom. The molecule has 4 rings (SSSR count). The Morgan fingerprint density at radius 3 is 2.70 bits per heavy atom. The van der Waals surface area contributed by atoms with E-state index in [9.17, 15) is 9.59 Å². The van der Waals surface area contributed by atoms with E-state index in [1.807, 2.05) is 30.3 Å². The van der Waals surface area contributed by atoms with Crippen LogP contribution in [-0.2, 0) is 4.79 Å². The van der Waals surface area contributed by atoms with Gasteiger partial charge < -0.3 is 19.7 Å². The summed E-state index contributed by atoms with van der Waals surface area (Å²) in [6, 6.07) is 18.1. The Hall–Kier alpha value is -3.87. The van der Waals surface area contributed by atoms with Crippen molar-refractivity contribution in [1.29, 1.82) is 0 Å². The first-order valence-electron chi connectivity index (χ1n) is 9.67. The molecule has 2 heterocycles. The smallest absolute Gasteiger partial charge is 0.265 e. The summed E-state index contributed by atoms with van der Waals surface area (Å²) < 4.78 is 11.3. The molecule has 1 aliphatic rings. The molecule has 1 aliphatic heterocycles. The molecule has 152 valence electrons. The number of amides is 2. The van der Waals surface area contributed by atoms with Crippen molar-refractivity contribution >= 4 is 23.2 Å². The van der Waals surface area contributed by atoms with E-state index >= 15 is 0 Å². The summed E-state index contributed by atoms with van der Waals surface area (Å²) in [5.74, 6) is 1.04. The molecule has 7 heteroatoms. The highest BCUT2D eigenvalue weighted by atomic mass is 16.5. The zero-order valence-electron chi connectivity index (χ0n) is 16.3. The van der Waals surface area contributed by atoms with Crippen LogP contribution < -0.4 is 19.7 Å². The van der Waals surface area contributed by atoms with Gasteiger partial charge in [0.05, 0.1) is 12.3 Å². The maximum absolute atomic E-state index is 12.4. The molecule has 0 bridgehead atoms. The van der Waals surface area contributed by atoms with E-state index in [-0.39, 0.29) is 18.4 Å². The molecule has 0 saturated heterocycles. The minimum atomic E-state index is -0.247. The second-order valence-corrected chi connectivity index (χ2v) is 6.72. The highest BCUT2D eigenvalue weighted by Gasteiger charge is 2.25. The van der Waals surface area contributed by atoms with E-state index < -0.39 is 0 Å². The predicted molar refractivity (Wildman–Crippen MR) is 113 cm³/mol. The van der Waals surface area contributed by atoms with Gasteiger partial charge in [0.2, 0.25) is 0 Å². The number of nitrogens with zero attached hydrogens (tertiary/aromatic N) is 2. The molecule has 0 spiro atoms. The van der Waals surface area contributed by atoms with Gasteiger partial charge in [-0.1, -0.05) is 18.2 Å². The second kappa shape index (κ2) is 9.09. The molecule has 0 unspecified atom stereocenters. The fraction of sp³-hybridized carbons (Fsp3) is 0.174. The van der Waals surface area contributed by atoms with E-state index in [1.165, 1.54) is 0 Å². The van der Waals surface area contributed by atoms with Crippen molar-refractivity contribution in [3.63, 3.8) is 0 Å². The van der Waals surface area contributed by atoms with Crippen LogP contribution in [0.4, 0.5) is 11.4 Å². The number of benzene rings is 2. The van der Waals surface area contributed by atoms with E-state index in [4.69, 9.17) is 9.47 Å². The third-order valence-corrected chi connectivity index (χ3v) is 4.64. The standard InChI is InChI=1S/C23H21N3O4/c27-22-16-30-21-8-7-18(25-23(28)17-9-11-24-12-10-17)15-20(21)26(22)13-4-14-29-19-5-2-1-3-6-19/h1-3,5-12,15H,4,13-14,16H2,(H,25,28). The molecule has 0 radical (unpaired) electrons. The molecular formula is C23H21N3O4. The number of para-hydroxylation sites is 1. The lowest BCUT2D eigenvalue weighted by molar-refractivity contribution is -0.121. The Balaban J connectivity index is 1.43. The van der Waals surface area contributed by atoms with Crippen LogP contribution in [0.15, 0.2) is 73.1 Å². The van der Waals surface area contributed by atoms with Crippen LogP contribution in [0, 0.1) is 0 Å². The quantitative estimate of drug-likeness (QED) is 0.611. The zero-order valence-corrected chi connectivity index (χ0v) is 16.3. The molecule has 1 aromatic heterocycles. The average molecular weight is 403 g/mol. The molecule has 2 amide bonds. The zero-order chi connectivity index (χ0) is 20.8. The number of aromatic nitrogens is 1. The highest BCUT2D eigenvalue weighted by molar-refractivity contribution is 6.05. The van der Waals surface area contributed by atoms with Gasteiger partial charge in [0.25, 0.3) is 11.8 Å². The number of anilines is 2. The molecule has 1 N–H and O–H groups in total. The number of rotatable bonds is 7. The summed E-state index contributed by atoms with van der Waals surface area (Å²) >= 11 is 0. The molecule has 0 atom stereocenters. The third kappa shape index (κ3) is 4.57. The normalized spacial score (nSPS) is 12.7. The van der Waals surface area contributed by atoms with Crippen molar-refractivity contribution < 1.29 is 19.1 Å². The van der Waals surface area contributed by atoms with Crippen molar-refractivity contribution in [2.24, 2.45) is 0 Å². The van der Waals surface area contributed by atoms with Crippen LogP contribution >= 0.6 is 0 Å². The Kier molecular flexibility index (Phi) is 5.89. The maximum atomic E-state index is 12.4. The van der Waals surface area contributed by atoms with E-state index in [2.05, 4.69) is 10.3 Å². The molecule has 0 aliphatic carbocycles. The Labute approximate surface area is 174 Å². The van der Waals surface area contributed by atoms with Crippen LogP contribution in [-0.4, -0.2) is 36.6 Å². The predicted octanol–water partition coefficient (Wildman–Crippen LogP) is 3.53. The number of hydrogen-bond acceptors (Lipinski definition) is 5. The first-order valence-corrected chi connectivity index (χ1v) is 9.67. The fourth-order valence-corrected chi connectivity index (χ4v) is 3.16. The van der Waals surface area contributed by atoms with Crippen LogP contribution in [0.5, 0.6) is 11.5 Å². The largest absolute Gasteiger partial charge is 0.494 e. The van der Waals surface area contributed by atoms with Crippen molar-refractivity contribution in [2.75, 3.05) is 30.0 Å². The van der Waals surface area contributed by atoms with Crippen molar-refractivity contribution in [3.05, 3.63) is 78.6 Å². The minimum absolute atomic E-state index is 0.00470. The minimum Gasteiger partial charge on any atom is -0.494 e. The van der Waals surface area contributed by atoms with Gasteiger partial charge in [0.1, 0.15) is 11.5 Å². The summed E-state index contributed by atoms with van der Waals surface area (Å²) in [6.07, 6.45) is 3.79.